The zero-order chi connectivity index (χ0) is 17.1. The van der Waals surface area contributed by atoms with Gasteiger partial charge in [0.15, 0.2) is 11.7 Å². The normalized spacial score (nSPS) is 11.7. The molecule has 3 nitrogen and oxygen atoms in total. The predicted octanol–water partition coefficient (Wildman–Crippen LogP) is 5.26. The van der Waals surface area contributed by atoms with E-state index in [-0.39, 0.29) is 5.78 Å². The average Bonchev–Trinajstić information content (AvgIpc) is 3.06. The number of aryl methyl sites for hydroxylation is 1. The van der Waals surface area contributed by atoms with E-state index in [4.69, 9.17) is 11.6 Å². The third-order valence-electron chi connectivity index (χ3n) is 3.65. The second kappa shape index (κ2) is 6.96. The van der Waals surface area contributed by atoms with E-state index in [1.54, 1.807) is 24.3 Å². The molecule has 1 heterocycles. The van der Waals surface area contributed by atoms with E-state index in [9.17, 15) is 10.1 Å². The van der Waals surface area contributed by atoms with Gasteiger partial charge in [-0.3, -0.25) is 4.79 Å². The Morgan fingerprint density at radius 1 is 1.21 bits per heavy atom. The summed E-state index contributed by atoms with van der Waals surface area (Å²) in [6.07, 6.45) is 0. The Bertz CT molecular complexity index is 925. The zero-order valence-electron chi connectivity index (χ0n) is 12.9. The SMILES string of the molecule is Cc1ccc(-c2csc(C(C#N)C(=O)c3ccccc3Cl)n2)cc1. The van der Waals surface area contributed by atoms with Crippen molar-refractivity contribution in [2.75, 3.05) is 0 Å². The largest absolute Gasteiger partial charge is 0.292 e. The maximum absolute atomic E-state index is 12.6. The fourth-order valence-electron chi connectivity index (χ4n) is 2.32. The van der Waals surface area contributed by atoms with Crippen LogP contribution in [0.2, 0.25) is 5.02 Å². The fraction of sp³-hybridized carbons (Fsp3) is 0.105. The number of halogens is 1. The van der Waals surface area contributed by atoms with Gasteiger partial charge in [0.05, 0.1) is 16.8 Å². The van der Waals surface area contributed by atoms with E-state index in [1.807, 2.05) is 36.6 Å². The number of carbonyl (C=O) groups excluding carboxylic acids is 1. The van der Waals surface area contributed by atoms with Crippen LogP contribution in [0.1, 0.15) is 26.8 Å². The van der Waals surface area contributed by atoms with Crippen molar-refractivity contribution in [1.82, 2.24) is 4.98 Å². The number of hydrogen-bond donors (Lipinski definition) is 0. The molecule has 5 heteroatoms. The van der Waals surface area contributed by atoms with Crippen molar-refractivity contribution in [3.8, 4) is 17.3 Å². The molecule has 0 saturated carbocycles. The molecule has 0 aliphatic heterocycles. The third-order valence-corrected chi connectivity index (χ3v) is 4.89. The Balaban J connectivity index is 1.93. The molecule has 1 atom stereocenters. The first-order valence-electron chi connectivity index (χ1n) is 7.31. The summed E-state index contributed by atoms with van der Waals surface area (Å²) in [5, 5.41) is 12.2. The van der Waals surface area contributed by atoms with E-state index in [1.165, 1.54) is 11.3 Å². The second-order valence-corrected chi connectivity index (χ2v) is 6.64. The highest BCUT2D eigenvalue weighted by Crippen LogP contribution is 2.30. The predicted molar refractivity (Wildman–Crippen MR) is 96.4 cm³/mol. The molecule has 0 aliphatic rings. The Morgan fingerprint density at radius 2 is 1.92 bits per heavy atom. The quantitative estimate of drug-likeness (QED) is 0.601. The number of hydrogen-bond acceptors (Lipinski definition) is 4. The van der Waals surface area contributed by atoms with Crippen LogP contribution in [0.25, 0.3) is 11.3 Å². The van der Waals surface area contributed by atoms with Crippen LogP contribution in [0, 0.1) is 18.3 Å². The van der Waals surface area contributed by atoms with Gasteiger partial charge in [0.25, 0.3) is 0 Å². The lowest BCUT2D eigenvalue weighted by molar-refractivity contribution is 0.0979. The van der Waals surface area contributed by atoms with Gasteiger partial charge in [0, 0.05) is 16.5 Å². The minimum atomic E-state index is -0.950. The second-order valence-electron chi connectivity index (χ2n) is 5.34. The van der Waals surface area contributed by atoms with Crippen molar-refractivity contribution < 1.29 is 4.79 Å². The number of nitriles is 1. The summed E-state index contributed by atoms with van der Waals surface area (Å²) in [5.74, 6) is -1.28. The van der Waals surface area contributed by atoms with Gasteiger partial charge >= 0.3 is 0 Å². The van der Waals surface area contributed by atoms with Gasteiger partial charge in [-0.2, -0.15) is 5.26 Å². The number of rotatable bonds is 4. The molecule has 0 aliphatic carbocycles. The van der Waals surface area contributed by atoms with Crippen LogP contribution < -0.4 is 0 Å². The van der Waals surface area contributed by atoms with Crippen LogP contribution in [0.5, 0.6) is 0 Å². The summed E-state index contributed by atoms with van der Waals surface area (Å²) < 4.78 is 0. The molecule has 3 rings (SSSR count). The highest BCUT2D eigenvalue weighted by atomic mass is 35.5. The van der Waals surface area contributed by atoms with E-state index in [0.717, 1.165) is 16.8 Å². The first-order chi connectivity index (χ1) is 11.6. The minimum Gasteiger partial charge on any atom is -0.292 e. The summed E-state index contributed by atoms with van der Waals surface area (Å²) >= 11 is 7.39. The molecular formula is C19H13ClN2OS. The van der Waals surface area contributed by atoms with E-state index in [2.05, 4.69) is 11.1 Å². The summed E-state index contributed by atoms with van der Waals surface area (Å²) in [6, 6.07) is 16.8. The molecule has 1 aromatic heterocycles. The number of ketones is 1. The topological polar surface area (TPSA) is 53.8 Å². The van der Waals surface area contributed by atoms with Gasteiger partial charge in [-0.1, -0.05) is 53.6 Å². The van der Waals surface area contributed by atoms with Crippen LogP contribution in [0.3, 0.4) is 0 Å². The highest BCUT2D eigenvalue weighted by Gasteiger charge is 2.26. The average molecular weight is 353 g/mol. The van der Waals surface area contributed by atoms with Gasteiger partial charge in [0.2, 0.25) is 0 Å². The minimum absolute atomic E-state index is 0.326. The summed E-state index contributed by atoms with van der Waals surface area (Å²) in [5.41, 5.74) is 3.24. The Labute approximate surface area is 149 Å². The van der Waals surface area contributed by atoms with Crippen molar-refractivity contribution in [3.63, 3.8) is 0 Å². The maximum Gasteiger partial charge on any atom is 0.188 e. The van der Waals surface area contributed by atoms with Gasteiger partial charge < -0.3 is 0 Å². The monoisotopic (exact) mass is 352 g/mol. The molecule has 0 radical (unpaired) electrons. The molecular weight excluding hydrogens is 340 g/mol. The number of Topliss-reactive ketones (excluding diaryl/α,β-unsaturated/α-hetero) is 1. The van der Waals surface area contributed by atoms with Crippen molar-refractivity contribution in [1.29, 1.82) is 5.26 Å². The lowest BCUT2D eigenvalue weighted by Crippen LogP contribution is -2.11. The van der Waals surface area contributed by atoms with Crippen LogP contribution in [0.4, 0.5) is 0 Å². The van der Waals surface area contributed by atoms with E-state index >= 15 is 0 Å². The molecule has 1 unspecified atom stereocenters. The van der Waals surface area contributed by atoms with Crippen LogP contribution in [-0.2, 0) is 0 Å². The summed E-state index contributed by atoms with van der Waals surface area (Å²) in [6.45, 7) is 2.02. The van der Waals surface area contributed by atoms with Gasteiger partial charge in [0.1, 0.15) is 5.01 Å². The first-order valence-corrected chi connectivity index (χ1v) is 8.56. The molecule has 0 N–H and O–H groups in total. The molecule has 24 heavy (non-hydrogen) atoms. The number of carbonyl (C=O) groups is 1. The zero-order valence-corrected chi connectivity index (χ0v) is 14.4. The van der Waals surface area contributed by atoms with Gasteiger partial charge in [-0.05, 0) is 19.1 Å². The lowest BCUT2D eigenvalue weighted by atomic mass is 9.99. The number of aromatic nitrogens is 1. The van der Waals surface area contributed by atoms with Crippen molar-refractivity contribution >= 4 is 28.7 Å². The van der Waals surface area contributed by atoms with Crippen LogP contribution >= 0.6 is 22.9 Å². The molecule has 3 aromatic rings. The first kappa shape index (κ1) is 16.4. The molecule has 0 saturated heterocycles. The van der Waals surface area contributed by atoms with Gasteiger partial charge in [-0.15, -0.1) is 11.3 Å². The molecule has 0 amide bonds. The van der Waals surface area contributed by atoms with Gasteiger partial charge in [-0.25, -0.2) is 4.98 Å². The van der Waals surface area contributed by atoms with E-state index in [0.29, 0.717) is 15.6 Å². The van der Waals surface area contributed by atoms with Crippen LogP contribution in [-0.4, -0.2) is 10.8 Å². The molecule has 0 spiro atoms. The van der Waals surface area contributed by atoms with Crippen molar-refractivity contribution in [3.05, 3.63) is 75.1 Å². The fourth-order valence-corrected chi connectivity index (χ4v) is 3.42. The number of benzene rings is 2. The number of thiazole rings is 1. The lowest BCUT2D eigenvalue weighted by Gasteiger charge is -2.06. The smallest absolute Gasteiger partial charge is 0.188 e. The van der Waals surface area contributed by atoms with Crippen molar-refractivity contribution in [2.24, 2.45) is 0 Å². The molecule has 0 bridgehead atoms. The maximum atomic E-state index is 12.6. The summed E-state index contributed by atoms with van der Waals surface area (Å²) in [4.78, 5) is 17.1. The van der Waals surface area contributed by atoms with Crippen molar-refractivity contribution in [2.45, 2.75) is 12.8 Å². The Kier molecular flexibility index (Phi) is 4.75. The van der Waals surface area contributed by atoms with E-state index < -0.39 is 5.92 Å². The van der Waals surface area contributed by atoms with Crippen LogP contribution in [0.15, 0.2) is 53.9 Å². The third kappa shape index (κ3) is 3.23. The highest BCUT2D eigenvalue weighted by molar-refractivity contribution is 7.10. The Morgan fingerprint density at radius 3 is 2.58 bits per heavy atom. The molecule has 2 aromatic carbocycles. The molecule has 118 valence electrons. The number of nitrogens with zero attached hydrogens (tertiary/aromatic N) is 2. The molecule has 0 fully saturated rings. The summed E-state index contributed by atoms with van der Waals surface area (Å²) in [7, 11) is 0. The standard InChI is InChI=1S/C19H13ClN2OS/c1-12-6-8-13(9-7-12)17-11-24-19(22-17)15(10-21)18(23)14-4-2-3-5-16(14)20/h2-9,11,15H,1H3. The Hall–Kier alpha value is -2.48.